The summed E-state index contributed by atoms with van der Waals surface area (Å²) in [6, 6.07) is 4.04. The molecule has 0 bridgehead atoms. The maximum atomic E-state index is 5.41. The number of nitrogens with zero attached hydrogens (tertiary/aromatic N) is 1. The van der Waals surface area contributed by atoms with E-state index < -0.39 is 0 Å². The number of halogens is 1. The molecule has 0 aliphatic carbocycles. The van der Waals surface area contributed by atoms with Crippen molar-refractivity contribution >= 4 is 15.9 Å². The van der Waals surface area contributed by atoms with Crippen LogP contribution in [0, 0.1) is 5.92 Å². The highest BCUT2D eigenvalue weighted by atomic mass is 79.9. The zero-order chi connectivity index (χ0) is 13.2. The minimum Gasteiger partial charge on any atom is -0.454 e. The molecule has 1 saturated heterocycles. The van der Waals surface area contributed by atoms with Crippen molar-refractivity contribution in [2.24, 2.45) is 5.92 Å². The quantitative estimate of drug-likeness (QED) is 0.919. The maximum absolute atomic E-state index is 5.41. The van der Waals surface area contributed by atoms with Gasteiger partial charge in [0.25, 0.3) is 0 Å². The van der Waals surface area contributed by atoms with Gasteiger partial charge in [-0.2, -0.15) is 0 Å². The number of ether oxygens (including phenoxy) is 2. The van der Waals surface area contributed by atoms with Gasteiger partial charge in [-0.3, -0.25) is 0 Å². The van der Waals surface area contributed by atoms with Crippen molar-refractivity contribution in [2.75, 3.05) is 33.5 Å². The van der Waals surface area contributed by atoms with Gasteiger partial charge < -0.3 is 19.7 Å². The number of likely N-dealkylation sites (tertiary alicyclic amines) is 1. The van der Waals surface area contributed by atoms with Crippen molar-refractivity contribution in [1.82, 2.24) is 10.2 Å². The Bertz CT molecular complexity index is 467. The Morgan fingerprint density at radius 2 is 2.16 bits per heavy atom. The van der Waals surface area contributed by atoms with Gasteiger partial charge in [-0.05, 0) is 50.2 Å². The van der Waals surface area contributed by atoms with Crippen LogP contribution >= 0.6 is 15.9 Å². The Kier molecular flexibility index (Phi) is 3.96. The Balaban J connectivity index is 1.55. The standard InChI is InChI=1S/C14H19BrN2O2/c1-17-3-2-10(8-17)6-16-7-11-4-13-14(5-12(11)15)19-9-18-13/h4-5,10,16H,2-3,6-9H2,1H3. The molecule has 104 valence electrons. The summed E-state index contributed by atoms with van der Waals surface area (Å²) in [5.41, 5.74) is 1.22. The third-order valence-electron chi connectivity index (χ3n) is 3.78. The summed E-state index contributed by atoms with van der Waals surface area (Å²) in [5, 5.41) is 3.54. The van der Waals surface area contributed by atoms with Crippen molar-refractivity contribution < 1.29 is 9.47 Å². The van der Waals surface area contributed by atoms with Crippen LogP contribution in [0.3, 0.4) is 0 Å². The highest BCUT2D eigenvalue weighted by Gasteiger charge is 2.19. The smallest absolute Gasteiger partial charge is 0.231 e. The van der Waals surface area contributed by atoms with Gasteiger partial charge in [-0.15, -0.1) is 0 Å². The minimum absolute atomic E-state index is 0.326. The lowest BCUT2D eigenvalue weighted by Crippen LogP contribution is -2.24. The van der Waals surface area contributed by atoms with Crippen molar-refractivity contribution in [1.29, 1.82) is 0 Å². The van der Waals surface area contributed by atoms with E-state index in [1.165, 1.54) is 25.1 Å². The van der Waals surface area contributed by atoms with Crippen LogP contribution in [-0.4, -0.2) is 38.4 Å². The van der Waals surface area contributed by atoms with Gasteiger partial charge in [-0.1, -0.05) is 15.9 Å². The zero-order valence-electron chi connectivity index (χ0n) is 11.1. The van der Waals surface area contributed by atoms with Crippen LogP contribution in [0.15, 0.2) is 16.6 Å². The van der Waals surface area contributed by atoms with Crippen LogP contribution in [0.25, 0.3) is 0 Å². The summed E-state index contributed by atoms with van der Waals surface area (Å²) in [6.45, 7) is 4.69. The van der Waals surface area contributed by atoms with Crippen molar-refractivity contribution in [3.05, 3.63) is 22.2 Å². The Morgan fingerprint density at radius 3 is 2.89 bits per heavy atom. The SMILES string of the molecule is CN1CCC(CNCc2cc3c(cc2Br)OCO3)C1. The Morgan fingerprint density at radius 1 is 1.37 bits per heavy atom. The summed E-state index contributed by atoms with van der Waals surface area (Å²) < 4.78 is 11.8. The molecule has 4 nitrogen and oxygen atoms in total. The highest BCUT2D eigenvalue weighted by Crippen LogP contribution is 2.36. The molecule has 0 saturated carbocycles. The number of rotatable bonds is 4. The van der Waals surface area contributed by atoms with Crippen LogP contribution < -0.4 is 14.8 Å². The first-order valence-electron chi connectivity index (χ1n) is 6.69. The van der Waals surface area contributed by atoms with Crippen LogP contribution in [0.1, 0.15) is 12.0 Å². The second-order valence-corrected chi connectivity index (χ2v) is 6.20. The summed E-state index contributed by atoms with van der Waals surface area (Å²) in [4.78, 5) is 2.39. The molecule has 0 amide bonds. The molecule has 3 rings (SSSR count). The normalized spacial score (nSPS) is 22.1. The van der Waals surface area contributed by atoms with Crippen LogP contribution in [0.5, 0.6) is 11.5 Å². The molecule has 0 radical (unpaired) electrons. The third-order valence-corrected chi connectivity index (χ3v) is 4.52. The van der Waals surface area contributed by atoms with Crippen LogP contribution in [-0.2, 0) is 6.54 Å². The van der Waals surface area contributed by atoms with Gasteiger partial charge in [0.2, 0.25) is 6.79 Å². The number of hydrogen-bond acceptors (Lipinski definition) is 4. The molecular weight excluding hydrogens is 308 g/mol. The lowest BCUT2D eigenvalue weighted by Gasteiger charge is -2.12. The van der Waals surface area contributed by atoms with E-state index in [1.54, 1.807) is 0 Å². The van der Waals surface area contributed by atoms with Crippen LogP contribution in [0.2, 0.25) is 0 Å². The van der Waals surface area contributed by atoms with Gasteiger partial charge in [0.15, 0.2) is 11.5 Å². The predicted octanol–water partition coefficient (Wildman–Crippen LogP) is 2.22. The zero-order valence-corrected chi connectivity index (χ0v) is 12.7. The molecular formula is C14H19BrN2O2. The van der Waals surface area contributed by atoms with Gasteiger partial charge in [-0.25, -0.2) is 0 Å². The molecule has 0 aromatic heterocycles. The van der Waals surface area contributed by atoms with E-state index in [0.717, 1.165) is 35.0 Å². The number of fused-ring (bicyclic) bond motifs is 1. The van der Waals surface area contributed by atoms with Gasteiger partial charge in [0, 0.05) is 17.6 Å². The fraction of sp³-hybridized carbons (Fsp3) is 0.571. The molecule has 1 fully saturated rings. The molecule has 1 unspecified atom stereocenters. The number of benzene rings is 1. The summed E-state index contributed by atoms with van der Waals surface area (Å²) in [5.74, 6) is 2.45. The lowest BCUT2D eigenvalue weighted by atomic mass is 10.1. The highest BCUT2D eigenvalue weighted by molar-refractivity contribution is 9.10. The maximum Gasteiger partial charge on any atom is 0.231 e. The Labute approximate surface area is 122 Å². The largest absolute Gasteiger partial charge is 0.454 e. The topological polar surface area (TPSA) is 33.7 Å². The van der Waals surface area contributed by atoms with Crippen molar-refractivity contribution in [3.63, 3.8) is 0 Å². The summed E-state index contributed by atoms with van der Waals surface area (Å²) >= 11 is 3.59. The molecule has 5 heteroatoms. The molecule has 19 heavy (non-hydrogen) atoms. The summed E-state index contributed by atoms with van der Waals surface area (Å²) in [7, 11) is 2.19. The van der Waals surface area contributed by atoms with E-state index in [4.69, 9.17) is 9.47 Å². The number of nitrogens with one attached hydrogen (secondary N) is 1. The summed E-state index contributed by atoms with van der Waals surface area (Å²) in [6.07, 6.45) is 1.30. The molecule has 1 N–H and O–H groups in total. The van der Waals surface area contributed by atoms with E-state index in [9.17, 15) is 0 Å². The molecule has 2 aliphatic rings. The number of hydrogen-bond donors (Lipinski definition) is 1. The fourth-order valence-corrected chi connectivity index (χ4v) is 3.16. The molecule has 2 heterocycles. The first-order chi connectivity index (χ1) is 9.22. The first-order valence-corrected chi connectivity index (χ1v) is 7.49. The lowest BCUT2D eigenvalue weighted by molar-refractivity contribution is 0.174. The third kappa shape index (κ3) is 3.04. The molecule has 2 aliphatic heterocycles. The van der Waals surface area contributed by atoms with E-state index in [0.29, 0.717) is 6.79 Å². The van der Waals surface area contributed by atoms with E-state index in [2.05, 4.69) is 39.3 Å². The molecule has 0 spiro atoms. The van der Waals surface area contributed by atoms with E-state index >= 15 is 0 Å². The van der Waals surface area contributed by atoms with Crippen molar-refractivity contribution in [2.45, 2.75) is 13.0 Å². The predicted molar refractivity (Wildman–Crippen MR) is 77.6 cm³/mol. The van der Waals surface area contributed by atoms with Crippen LogP contribution in [0.4, 0.5) is 0 Å². The minimum atomic E-state index is 0.326. The van der Waals surface area contributed by atoms with E-state index in [-0.39, 0.29) is 0 Å². The van der Waals surface area contributed by atoms with E-state index in [1.807, 2.05) is 6.07 Å². The Hall–Kier alpha value is -0.780. The van der Waals surface area contributed by atoms with Gasteiger partial charge >= 0.3 is 0 Å². The van der Waals surface area contributed by atoms with Crippen molar-refractivity contribution in [3.8, 4) is 11.5 Å². The fourth-order valence-electron chi connectivity index (χ4n) is 2.70. The average Bonchev–Trinajstić information content (AvgIpc) is 2.98. The first kappa shape index (κ1) is 13.2. The monoisotopic (exact) mass is 326 g/mol. The van der Waals surface area contributed by atoms with Gasteiger partial charge in [0.05, 0.1) is 0 Å². The second-order valence-electron chi connectivity index (χ2n) is 5.34. The molecule has 1 atom stereocenters. The molecule has 1 aromatic rings. The average molecular weight is 327 g/mol. The molecule has 1 aromatic carbocycles. The van der Waals surface area contributed by atoms with Gasteiger partial charge in [0.1, 0.15) is 0 Å². The second kappa shape index (κ2) is 5.69.